The minimum atomic E-state index is 0.262. The fraction of sp³-hybridized carbons (Fsp3) is 0.364. The predicted octanol–water partition coefficient (Wildman–Crippen LogP) is 0.128. The van der Waals surface area contributed by atoms with Crippen LogP contribution in [0.2, 0.25) is 0 Å². The van der Waals surface area contributed by atoms with Crippen molar-refractivity contribution >= 4 is 13.6 Å². The normalized spacial score (nSPS) is 20.7. The Bertz CT molecular complexity index is 314. The number of carbonyl (C=O) groups excluding carboxylic acids is 1. The molecule has 4 heteroatoms. The van der Waals surface area contributed by atoms with Gasteiger partial charge in [0.05, 0.1) is 18.9 Å². The average Bonchev–Trinajstić information content (AvgIpc) is 3.09. The SMILES string of the molecule is O=CBN[C@@H](Cc1ccccc1)[C@H]1CO1. The Balaban J connectivity index is 1.91. The van der Waals surface area contributed by atoms with Gasteiger partial charge in [-0.2, -0.15) is 0 Å². The molecule has 3 nitrogen and oxygen atoms in total. The number of ether oxygens (including phenoxy) is 1. The van der Waals surface area contributed by atoms with Crippen LogP contribution in [0.1, 0.15) is 5.56 Å². The number of benzene rings is 1. The number of carbonyl (C=O) groups is 1. The van der Waals surface area contributed by atoms with Gasteiger partial charge in [0.25, 0.3) is 7.41 Å². The summed E-state index contributed by atoms with van der Waals surface area (Å²) in [6.45, 7) is 0.809. The Hall–Kier alpha value is -1.13. The molecule has 0 saturated carbocycles. The molecule has 0 radical (unpaired) electrons. The predicted molar refractivity (Wildman–Crippen MR) is 60.7 cm³/mol. The number of hydrogen-bond donors (Lipinski definition) is 1. The highest BCUT2D eigenvalue weighted by Gasteiger charge is 2.32. The highest BCUT2D eigenvalue weighted by atomic mass is 16.6. The molecule has 1 aliphatic heterocycles. The summed E-state index contributed by atoms with van der Waals surface area (Å²) in [5.41, 5.74) is 1.27. The van der Waals surface area contributed by atoms with Gasteiger partial charge in [-0.05, 0) is 12.0 Å². The molecule has 1 saturated heterocycles. The number of hydrogen-bond acceptors (Lipinski definition) is 3. The zero-order valence-corrected chi connectivity index (χ0v) is 8.56. The summed E-state index contributed by atoms with van der Waals surface area (Å²) >= 11 is 0. The molecule has 0 unspecified atom stereocenters. The first kappa shape index (κ1) is 10.4. The van der Waals surface area contributed by atoms with E-state index in [0.717, 1.165) is 19.2 Å². The van der Waals surface area contributed by atoms with Crippen LogP contribution in [0.4, 0.5) is 0 Å². The molecule has 0 aromatic heterocycles. The minimum absolute atomic E-state index is 0.262. The van der Waals surface area contributed by atoms with Crippen LogP contribution in [0.25, 0.3) is 0 Å². The largest absolute Gasteiger partial charge is 0.371 e. The molecule has 1 N–H and O–H groups in total. The molecule has 1 fully saturated rings. The summed E-state index contributed by atoms with van der Waals surface area (Å²) in [5.74, 6) is 0. The van der Waals surface area contributed by atoms with Crippen LogP contribution in [0.5, 0.6) is 0 Å². The summed E-state index contributed by atoms with van der Waals surface area (Å²) in [6, 6.07) is 10.5. The quantitative estimate of drug-likeness (QED) is 0.406. The molecular formula is C11H14BNO2. The Morgan fingerprint density at radius 1 is 1.53 bits per heavy atom. The second-order valence-corrected chi connectivity index (χ2v) is 3.74. The molecule has 0 amide bonds. The maximum Gasteiger partial charge on any atom is 0.278 e. The van der Waals surface area contributed by atoms with Gasteiger partial charge in [0.15, 0.2) is 0 Å². The van der Waals surface area contributed by atoms with Gasteiger partial charge in [0.1, 0.15) is 0 Å². The Morgan fingerprint density at radius 3 is 2.87 bits per heavy atom. The topological polar surface area (TPSA) is 41.6 Å². The molecule has 78 valence electrons. The fourth-order valence-electron chi connectivity index (χ4n) is 1.69. The van der Waals surface area contributed by atoms with Crippen molar-refractivity contribution in [1.82, 2.24) is 5.23 Å². The summed E-state index contributed by atoms with van der Waals surface area (Å²) in [7, 11) is 0.400. The summed E-state index contributed by atoms with van der Waals surface area (Å²) in [6.07, 6.45) is 2.09. The molecule has 0 bridgehead atoms. The lowest BCUT2D eigenvalue weighted by Gasteiger charge is -2.14. The van der Waals surface area contributed by atoms with E-state index in [-0.39, 0.29) is 12.1 Å². The van der Waals surface area contributed by atoms with Crippen LogP contribution in [0.15, 0.2) is 30.3 Å². The number of nitrogens with one attached hydrogen (secondary N) is 1. The van der Waals surface area contributed by atoms with Gasteiger partial charge in [0, 0.05) is 6.04 Å². The number of epoxide rings is 1. The first-order chi connectivity index (χ1) is 7.40. The third kappa shape index (κ3) is 3.18. The molecule has 2 rings (SSSR count). The summed E-state index contributed by atoms with van der Waals surface area (Å²) in [4.78, 5) is 10.3. The van der Waals surface area contributed by atoms with Crippen molar-refractivity contribution in [2.75, 3.05) is 6.61 Å². The summed E-state index contributed by atoms with van der Waals surface area (Å²) < 4.78 is 5.26. The first-order valence-corrected chi connectivity index (χ1v) is 5.22. The zero-order chi connectivity index (χ0) is 10.5. The van der Waals surface area contributed by atoms with Crippen molar-refractivity contribution < 1.29 is 9.53 Å². The third-order valence-corrected chi connectivity index (χ3v) is 2.57. The smallest absolute Gasteiger partial charge is 0.278 e. The Labute approximate surface area is 90.1 Å². The lowest BCUT2D eigenvalue weighted by Crippen LogP contribution is -2.39. The van der Waals surface area contributed by atoms with E-state index in [0.29, 0.717) is 7.41 Å². The van der Waals surface area contributed by atoms with E-state index in [1.54, 1.807) is 0 Å². The second-order valence-electron chi connectivity index (χ2n) is 3.74. The van der Waals surface area contributed by atoms with Crippen molar-refractivity contribution in [3.8, 4) is 0 Å². The Morgan fingerprint density at radius 2 is 2.27 bits per heavy atom. The fourth-order valence-corrected chi connectivity index (χ4v) is 1.69. The molecule has 1 aromatic rings. The van der Waals surface area contributed by atoms with Crippen molar-refractivity contribution in [3.63, 3.8) is 0 Å². The second kappa shape index (κ2) is 5.10. The maximum atomic E-state index is 10.3. The first-order valence-electron chi connectivity index (χ1n) is 5.22. The molecule has 2 atom stereocenters. The van der Waals surface area contributed by atoms with Crippen molar-refractivity contribution in [2.45, 2.75) is 18.6 Å². The third-order valence-electron chi connectivity index (χ3n) is 2.57. The van der Waals surface area contributed by atoms with Crippen LogP contribution < -0.4 is 5.23 Å². The van der Waals surface area contributed by atoms with Crippen LogP contribution >= 0.6 is 0 Å². The Kier molecular flexibility index (Phi) is 3.53. The lowest BCUT2D eigenvalue weighted by molar-refractivity contribution is 0.361. The monoisotopic (exact) mass is 203 g/mol. The van der Waals surface area contributed by atoms with Crippen LogP contribution in [0, 0.1) is 0 Å². The average molecular weight is 203 g/mol. The maximum absolute atomic E-state index is 10.3. The molecule has 1 aromatic carbocycles. The van der Waals surface area contributed by atoms with Gasteiger partial charge in [-0.1, -0.05) is 30.3 Å². The van der Waals surface area contributed by atoms with E-state index in [4.69, 9.17) is 4.74 Å². The van der Waals surface area contributed by atoms with Gasteiger partial charge in [0.2, 0.25) is 0 Å². The van der Waals surface area contributed by atoms with Crippen LogP contribution in [0.3, 0.4) is 0 Å². The van der Waals surface area contributed by atoms with Crippen molar-refractivity contribution in [3.05, 3.63) is 35.9 Å². The van der Waals surface area contributed by atoms with Crippen molar-refractivity contribution in [2.24, 2.45) is 0 Å². The molecule has 0 spiro atoms. The van der Waals surface area contributed by atoms with E-state index >= 15 is 0 Å². The van der Waals surface area contributed by atoms with E-state index in [9.17, 15) is 4.79 Å². The minimum Gasteiger partial charge on any atom is -0.371 e. The molecule has 1 heterocycles. The van der Waals surface area contributed by atoms with Gasteiger partial charge >= 0.3 is 0 Å². The van der Waals surface area contributed by atoms with Crippen molar-refractivity contribution in [1.29, 1.82) is 0 Å². The van der Waals surface area contributed by atoms with Crippen LogP contribution in [-0.4, -0.2) is 32.4 Å². The van der Waals surface area contributed by atoms with E-state index < -0.39 is 0 Å². The molecule has 15 heavy (non-hydrogen) atoms. The standard InChI is InChI=1S/C11H14BNO2/c14-8-12-13-10(11-7-15-11)6-9-4-2-1-3-5-9/h1-5,8,10-13H,6-7H2/t10-,11+/m0/s1. The zero-order valence-electron chi connectivity index (χ0n) is 8.56. The summed E-state index contributed by atoms with van der Waals surface area (Å²) in [5, 5.41) is 3.19. The highest BCUT2D eigenvalue weighted by Crippen LogP contribution is 2.17. The lowest BCUT2D eigenvalue weighted by atomic mass is 9.93. The van der Waals surface area contributed by atoms with Crippen LogP contribution in [-0.2, 0) is 16.0 Å². The van der Waals surface area contributed by atoms with E-state index in [2.05, 4.69) is 17.4 Å². The van der Waals surface area contributed by atoms with Gasteiger partial charge < -0.3 is 14.8 Å². The molecule has 1 aliphatic rings. The van der Waals surface area contributed by atoms with Gasteiger partial charge in [-0.15, -0.1) is 0 Å². The van der Waals surface area contributed by atoms with E-state index in [1.807, 2.05) is 18.2 Å². The highest BCUT2D eigenvalue weighted by molar-refractivity contribution is 6.64. The number of rotatable bonds is 6. The van der Waals surface area contributed by atoms with E-state index in [1.165, 1.54) is 5.56 Å². The van der Waals surface area contributed by atoms with Gasteiger partial charge in [-0.25, -0.2) is 0 Å². The van der Waals surface area contributed by atoms with Gasteiger partial charge in [-0.3, -0.25) is 0 Å². The molecule has 0 aliphatic carbocycles. The molecular weight excluding hydrogens is 189 g/mol.